The van der Waals surface area contributed by atoms with Crippen LogP contribution in [0, 0.1) is 6.92 Å². The van der Waals surface area contributed by atoms with Gasteiger partial charge in [-0.15, -0.1) is 11.8 Å². The minimum absolute atomic E-state index is 0.141. The van der Waals surface area contributed by atoms with Crippen molar-refractivity contribution in [3.63, 3.8) is 0 Å². The SMILES string of the molecule is Cc1cc(=O)[nH]c(-c2cccc(NC(=O)CSc3ccccc3Cl)c2)n1. The molecule has 0 bridgehead atoms. The summed E-state index contributed by atoms with van der Waals surface area (Å²) in [6.45, 7) is 1.76. The van der Waals surface area contributed by atoms with Crippen LogP contribution in [0.5, 0.6) is 0 Å². The highest BCUT2D eigenvalue weighted by molar-refractivity contribution is 8.00. The molecule has 0 unspecified atom stereocenters. The second kappa shape index (κ2) is 8.21. The number of carbonyl (C=O) groups is 1. The molecule has 0 spiro atoms. The Balaban J connectivity index is 1.69. The molecule has 0 aliphatic heterocycles. The first-order valence-electron chi connectivity index (χ1n) is 7.87. The summed E-state index contributed by atoms with van der Waals surface area (Å²) in [7, 11) is 0. The lowest BCUT2D eigenvalue weighted by molar-refractivity contribution is -0.113. The van der Waals surface area contributed by atoms with Gasteiger partial charge in [0.1, 0.15) is 5.82 Å². The van der Waals surface area contributed by atoms with Gasteiger partial charge in [0, 0.05) is 27.9 Å². The molecule has 0 fully saturated rings. The summed E-state index contributed by atoms with van der Waals surface area (Å²) in [6, 6.07) is 16.0. The first-order valence-corrected chi connectivity index (χ1v) is 9.23. The van der Waals surface area contributed by atoms with Crippen LogP contribution in [-0.2, 0) is 4.79 Å². The maximum Gasteiger partial charge on any atom is 0.251 e. The summed E-state index contributed by atoms with van der Waals surface area (Å²) in [5.74, 6) is 0.572. The summed E-state index contributed by atoms with van der Waals surface area (Å²) in [5, 5.41) is 3.48. The van der Waals surface area contributed by atoms with Crippen molar-refractivity contribution in [1.29, 1.82) is 0 Å². The number of nitrogens with zero attached hydrogens (tertiary/aromatic N) is 1. The quantitative estimate of drug-likeness (QED) is 0.647. The Morgan fingerprint density at radius 1 is 1.19 bits per heavy atom. The minimum Gasteiger partial charge on any atom is -0.325 e. The molecular weight excluding hydrogens is 370 g/mol. The van der Waals surface area contributed by atoms with Gasteiger partial charge in [0.15, 0.2) is 0 Å². The van der Waals surface area contributed by atoms with Crippen molar-refractivity contribution in [2.24, 2.45) is 0 Å². The van der Waals surface area contributed by atoms with E-state index < -0.39 is 0 Å². The number of hydrogen-bond donors (Lipinski definition) is 2. The first-order chi connectivity index (χ1) is 12.5. The van der Waals surface area contributed by atoms with Gasteiger partial charge in [-0.05, 0) is 31.2 Å². The summed E-state index contributed by atoms with van der Waals surface area (Å²) in [4.78, 5) is 31.7. The zero-order valence-corrected chi connectivity index (χ0v) is 15.5. The summed E-state index contributed by atoms with van der Waals surface area (Å²) in [5.41, 5.74) is 1.78. The highest BCUT2D eigenvalue weighted by atomic mass is 35.5. The number of carbonyl (C=O) groups excluding carboxylic acids is 1. The molecule has 0 atom stereocenters. The van der Waals surface area contributed by atoms with Crippen LogP contribution in [-0.4, -0.2) is 21.6 Å². The van der Waals surface area contributed by atoms with Gasteiger partial charge >= 0.3 is 0 Å². The molecular formula is C19H16ClN3O2S. The maximum atomic E-state index is 12.2. The smallest absolute Gasteiger partial charge is 0.251 e. The predicted octanol–water partition coefficient (Wildman–Crippen LogP) is 4.13. The van der Waals surface area contributed by atoms with Crippen molar-refractivity contribution in [2.75, 3.05) is 11.1 Å². The van der Waals surface area contributed by atoms with Crippen LogP contribution in [0.15, 0.2) is 64.3 Å². The van der Waals surface area contributed by atoms with Gasteiger partial charge in [-0.3, -0.25) is 9.59 Å². The van der Waals surface area contributed by atoms with Crippen LogP contribution in [0.25, 0.3) is 11.4 Å². The molecule has 0 aliphatic rings. The molecule has 0 saturated heterocycles. The van der Waals surface area contributed by atoms with Crippen LogP contribution in [0.2, 0.25) is 5.02 Å². The van der Waals surface area contributed by atoms with E-state index in [2.05, 4.69) is 15.3 Å². The molecule has 5 nitrogen and oxygen atoms in total. The molecule has 0 radical (unpaired) electrons. The highest BCUT2D eigenvalue weighted by Gasteiger charge is 2.08. The molecule has 7 heteroatoms. The Kier molecular flexibility index (Phi) is 5.75. The summed E-state index contributed by atoms with van der Waals surface area (Å²) < 4.78 is 0. The Morgan fingerprint density at radius 3 is 2.77 bits per heavy atom. The second-order valence-corrected chi connectivity index (χ2v) is 7.01. The van der Waals surface area contributed by atoms with E-state index in [1.165, 1.54) is 17.8 Å². The Hall–Kier alpha value is -2.57. The van der Waals surface area contributed by atoms with E-state index in [4.69, 9.17) is 11.6 Å². The van der Waals surface area contributed by atoms with E-state index in [1.807, 2.05) is 24.3 Å². The molecule has 2 N–H and O–H groups in total. The highest BCUT2D eigenvalue weighted by Crippen LogP contribution is 2.26. The van der Waals surface area contributed by atoms with Crippen molar-refractivity contribution >= 4 is 35.0 Å². The Labute approximate surface area is 159 Å². The number of aryl methyl sites for hydroxylation is 1. The summed E-state index contributed by atoms with van der Waals surface area (Å²) >= 11 is 7.47. The van der Waals surface area contributed by atoms with Gasteiger partial charge < -0.3 is 10.3 Å². The molecule has 3 aromatic rings. The Bertz CT molecular complexity index is 1000. The molecule has 1 aromatic heterocycles. The van der Waals surface area contributed by atoms with Gasteiger partial charge in [0.25, 0.3) is 5.56 Å². The van der Waals surface area contributed by atoms with Crippen LogP contribution in [0.1, 0.15) is 5.69 Å². The molecule has 2 aromatic carbocycles. The van der Waals surface area contributed by atoms with Crippen molar-refractivity contribution in [1.82, 2.24) is 9.97 Å². The largest absolute Gasteiger partial charge is 0.325 e. The van der Waals surface area contributed by atoms with E-state index in [-0.39, 0.29) is 17.2 Å². The van der Waals surface area contributed by atoms with Gasteiger partial charge in [0.05, 0.1) is 10.8 Å². The average molecular weight is 386 g/mol. The number of amides is 1. The normalized spacial score (nSPS) is 10.5. The molecule has 0 saturated carbocycles. The third-order valence-corrected chi connectivity index (χ3v) is 5.00. The standard InChI is InChI=1S/C19H16ClN3O2S/c1-12-9-17(24)23-19(21-12)13-5-4-6-14(10-13)22-18(25)11-26-16-8-3-2-7-15(16)20/h2-10H,11H2,1H3,(H,22,25)(H,21,23,24). The lowest BCUT2D eigenvalue weighted by Gasteiger charge is -2.08. The van der Waals surface area contributed by atoms with Gasteiger partial charge in [-0.1, -0.05) is 35.9 Å². The predicted molar refractivity (Wildman–Crippen MR) is 106 cm³/mol. The lowest BCUT2D eigenvalue weighted by Crippen LogP contribution is -2.14. The fourth-order valence-corrected chi connectivity index (χ4v) is 3.40. The van der Waals surface area contributed by atoms with E-state index in [9.17, 15) is 9.59 Å². The zero-order chi connectivity index (χ0) is 18.5. The van der Waals surface area contributed by atoms with Gasteiger partial charge in [-0.2, -0.15) is 0 Å². The number of rotatable bonds is 5. The second-order valence-electron chi connectivity index (χ2n) is 5.58. The van der Waals surface area contributed by atoms with Crippen LogP contribution < -0.4 is 10.9 Å². The number of thioether (sulfide) groups is 1. The third kappa shape index (κ3) is 4.74. The number of aromatic nitrogens is 2. The van der Waals surface area contributed by atoms with E-state index in [0.717, 1.165) is 10.5 Å². The lowest BCUT2D eigenvalue weighted by atomic mass is 10.2. The monoisotopic (exact) mass is 385 g/mol. The number of hydrogen-bond acceptors (Lipinski definition) is 4. The number of anilines is 1. The molecule has 1 amide bonds. The topological polar surface area (TPSA) is 74.8 Å². The number of aromatic amines is 1. The van der Waals surface area contributed by atoms with E-state index in [0.29, 0.717) is 22.2 Å². The average Bonchev–Trinajstić information content (AvgIpc) is 2.60. The van der Waals surface area contributed by atoms with Crippen LogP contribution >= 0.6 is 23.4 Å². The van der Waals surface area contributed by atoms with Crippen molar-refractivity contribution in [3.8, 4) is 11.4 Å². The fraction of sp³-hybridized carbons (Fsp3) is 0.105. The molecule has 26 heavy (non-hydrogen) atoms. The van der Waals surface area contributed by atoms with Crippen molar-refractivity contribution < 1.29 is 4.79 Å². The van der Waals surface area contributed by atoms with Crippen LogP contribution in [0.3, 0.4) is 0 Å². The van der Waals surface area contributed by atoms with Gasteiger partial charge in [0.2, 0.25) is 5.91 Å². The molecule has 1 heterocycles. The van der Waals surface area contributed by atoms with E-state index in [1.54, 1.807) is 31.2 Å². The fourth-order valence-electron chi connectivity index (χ4n) is 2.36. The molecule has 0 aliphatic carbocycles. The molecule has 132 valence electrons. The summed E-state index contributed by atoms with van der Waals surface area (Å²) in [6.07, 6.45) is 0. The number of H-pyrrole nitrogens is 1. The number of benzene rings is 2. The van der Waals surface area contributed by atoms with Crippen molar-refractivity contribution in [2.45, 2.75) is 11.8 Å². The molecule has 3 rings (SSSR count). The first kappa shape index (κ1) is 18.2. The number of nitrogens with one attached hydrogen (secondary N) is 2. The minimum atomic E-state index is -0.210. The maximum absolute atomic E-state index is 12.2. The van der Waals surface area contributed by atoms with E-state index >= 15 is 0 Å². The van der Waals surface area contributed by atoms with Gasteiger partial charge in [-0.25, -0.2) is 4.98 Å². The van der Waals surface area contributed by atoms with Crippen molar-refractivity contribution in [3.05, 3.63) is 75.7 Å². The van der Waals surface area contributed by atoms with Crippen LogP contribution in [0.4, 0.5) is 5.69 Å². The zero-order valence-electron chi connectivity index (χ0n) is 14.0. The third-order valence-electron chi connectivity index (χ3n) is 3.48. The number of halogens is 1. The Morgan fingerprint density at radius 2 is 2.00 bits per heavy atom.